The van der Waals surface area contributed by atoms with Gasteiger partial charge in [-0.1, -0.05) is 49.0 Å². The first-order chi connectivity index (χ1) is 14.1. The van der Waals surface area contributed by atoms with Gasteiger partial charge in [0, 0.05) is 21.7 Å². The number of benzene rings is 2. The molecule has 0 aliphatic heterocycles. The van der Waals surface area contributed by atoms with Crippen molar-refractivity contribution in [1.82, 2.24) is 19.6 Å². The van der Waals surface area contributed by atoms with E-state index in [1.165, 1.54) is 6.33 Å². The predicted octanol–water partition coefficient (Wildman–Crippen LogP) is 4.71. The highest BCUT2D eigenvalue weighted by atomic mass is 32.2. The van der Waals surface area contributed by atoms with E-state index >= 15 is 0 Å². The number of carbonyl (C=O) groups excluding carboxylic acids is 1. The lowest BCUT2D eigenvalue weighted by molar-refractivity contribution is 0.102. The van der Waals surface area contributed by atoms with Crippen LogP contribution < -0.4 is 5.32 Å². The van der Waals surface area contributed by atoms with Crippen molar-refractivity contribution in [2.75, 3.05) is 5.32 Å². The summed E-state index contributed by atoms with van der Waals surface area (Å²) < 4.78 is 1.76. The third kappa shape index (κ3) is 3.73. The summed E-state index contributed by atoms with van der Waals surface area (Å²) >= 11 is 1.56. The molecule has 0 aliphatic carbocycles. The van der Waals surface area contributed by atoms with Crippen LogP contribution in [0.1, 0.15) is 34.1 Å². The fourth-order valence-electron chi connectivity index (χ4n) is 3.25. The van der Waals surface area contributed by atoms with Crippen molar-refractivity contribution in [3.05, 3.63) is 77.2 Å². The molecular formula is C22H21N5OS. The summed E-state index contributed by atoms with van der Waals surface area (Å²) in [7, 11) is 0. The maximum Gasteiger partial charge on any atom is 0.255 e. The monoisotopic (exact) mass is 403 g/mol. The number of nitrogens with zero attached hydrogens (tertiary/aromatic N) is 4. The number of hydrogen-bond donors (Lipinski definition) is 1. The highest BCUT2D eigenvalue weighted by molar-refractivity contribution is 7.99. The molecule has 2 heterocycles. The zero-order valence-electron chi connectivity index (χ0n) is 16.5. The third-order valence-electron chi connectivity index (χ3n) is 4.77. The smallest absolute Gasteiger partial charge is 0.255 e. The summed E-state index contributed by atoms with van der Waals surface area (Å²) in [6.07, 6.45) is 2.34. The normalized spacial score (nSPS) is 11.0. The SMILES string of the molecule is CCc1c(C)nc2ncnn2c1Sc1ccccc1NC(=O)c1ccccc1C. The highest BCUT2D eigenvalue weighted by Gasteiger charge is 2.17. The van der Waals surface area contributed by atoms with Gasteiger partial charge in [0.05, 0.1) is 5.69 Å². The van der Waals surface area contributed by atoms with Gasteiger partial charge in [-0.05, 0) is 44.0 Å². The highest BCUT2D eigenvalue weighted by Crippen LogP contribution is 2.36. The molecule has 0 saturated heterocycles. The molecule has 1 amide bonds. The number of fused-ring (bicyclic) bond motifs is 1. The molecule has 6 nitrogen and oxygen atoms in total. The van der Waals surface area contributed by atoms with E-state index in [0.29, 0.717) is 11.3 Å². The Morgan fingerprint density at radius 1 is 1.10 bits per heavy atom. The molecule has 0 aliphatic rings. The number of carbonyl (C=O) groups is 1. The number of aryl methyl sites for hydroxylation is 2. The fourth-order valence-corrected chi connectivity index (χ4v) is 4.46. The molecule has 4 rings (SSSR count). The molecule has 0 spiro atoms. The lowest BCUT2D eigenvalue weighted by Gasteiger charge is -2.15. The lowest BCUT2D eigenvalue weighted by atomic mass is 10.1. The van der Waals surface area contributed by atoms with Crippen LogP contribution >= 0.6 is 11.8 Å². The maximum atomic E-state index is 12.8. The Kier molecular flexibility index (Phi) is 5.31. The minimum absolute atomic E-state index is 0.122. The van der Waals surface area contributed by atoms with Gasteiger partial charge in [0.2, 0.25) is 0 Å². The van der Waals surface area contributed by atoms with E-state index in [9.17, 15) is 4.79 Å². The van der Waals surface area contributed by atoms with Crippen LogP contribution in [0.25, 0.3) is 5.78 Å². The Labute approximate surface area is 173 Å². The number of aromatic nitrogens is 4. The third-order valence-corrected chi connectivity index (χ3v) is 5.96. The maximum absolute atomic E-state index is 12.8. The first kappa shape index (κ1) is 19.1. The van der Waals surface area contributed by atoms with E-state index in [-0.39, 0.29) is 5.91 Å². The molecule has 2 aromatic carbocycles. The van der Waals surface area contributed by atoms with Gasteiger partial charge in [-0.25, -0.2) is 4.98 Å². The van der Waals surface area contributed by atoms with Gasteiger partial charge in [-0.15, -0.1) is 0 Å². The molecule has 0 bridgehead atoms. The van der Waals surface area contributed by atoms with Crippen molar-refractivity contribution in [1.29, 1.82) is 0 Å². The van der Waals surface area contributed by atoms with E-state index in [2.05, 4.69) is 27.3 Å². The fraction of sp³-hybridized carbons (Fsp3) is 0.182. The summed E-state index contributed by atoms with van der Waals surface area (Å²) in [4.78, 5) is 22.5. The van der Waals surface area contributed by atoms with Crippen LogP contribution in [0.15, 0.2) is 64.8 Å². The van der Waals surface area contributed by atoms with Crippen LogP contribution in [0.3, 0.4) is 0 Å². The summed E-state index contributed by atoms with van der Waals surface area (Å²) in [5.41, 5.74) is 4.43. The van der Waals surface area contributed by atoms with Crippen molar-refractivity contribution in [3.63, 3.8) is 0 Å². The molecule has 2 aromatic heterocycles. The Morgan fingerprint density at radius 2 is 1.86 bits per heavy atom. The molecule has 0 atom stereocenters. The first-order valence-electron chi connectivity index (χ1n) is 9.41. The largest absolute Gasteiger partial charge is 0.321 e. The lowest BCUT2D eigenvalue weighted by Crippen LogP contribution is -2.14. The first-order valence-corrected chi connectivity index (χ1v) is 10.2. The molecule has 7 heteroatoms. The van der Waals surface area contributed by atoms with Gasteiger partial charge in [0.1, 0.15) is 11.4 Å². The zero-order valence-corrected chi connectivity index (χ0v) is 17.3. The van der Waals surface area contributed by atoms with E-state index in [1.54, 1.807) is 16.3 Å². The van der Waals surface area contributed by atoms with Crippen LogP contribution in [-0.2, 0) is 6.42 Å². The molecule has 29 heavy (non-hydrogen) atoms. The molecule has 0 radical (unpaired) electrons. The number of anilines is 1. The zero-order chi connectivity index (χ0) is 20.4. The van der Waals surface area contributed by atoms with Gasteiger partial charge >= 0.3 is 0 Å². The molecule has 0 fully saturated rings. The average Bonchev–Trinajstić information content (AvgIpc) is 3.18. The van der Waals surface area contributed by atoms with Crippen LogP contribution in [0.4, 0.5) is 5.69 Å². The summed E-state index contributed by atoms with van der Waals surface area (Å²) in [5.74, 6) is 0.451. The van der Waals surface area contributed by atoms with E-state index in [4.69, 9.17) is 0 Å². The van der Waals surface area contributed by atoms with E-state index < -0.39 is 0 Å². The summed E-state index contributed by atoms with van der Waals surface area (Å²) in [6, 6.07) is 15.4. The van der Waals surface area contributed by atoms with Gasteiger partial charge < -0.3 is 5.32 Å². The van der Waals surface area contributed by atoms with Crippen LogP contribution in [0.2, 0.25) is 0 Å². The number of para-hydroxylation sites is 1. The van der Waals surface area contributed by atoms with Crippen LogP contribution in [0, 0.1) is 13.8 Å². The second-order valence-electron chi connectivity index (χ2n) is 6.67. The second kappa shape index (κ2) is 8.05. The Hall–Kier alpha value is -3.19. The topological polar surface area (TPSA) is 72.2 Å². The van der Waals surface area contributed by atoms with E-state index in [1.807, 2.05) is 62.4 Å². The summed E-state index contributed by atoms with van der Waals surface area (Å²) in [6.45, 7) is 6.02. The standard InChI is InChI=1S/C22H21N5OS/c1-4-16-15(3)25-22-23-13-24-27(22)21(16)29-19-12-8-7-11-18(19)26-20(28)17-10-6-5-9-14(17)2/h5-13H,4H2,1-3H3,(H,26,28). The molecule has 4 aromatic rings. The van der Waals surface area contributed by atoms with Crippen LogP contribution in [-0.4, -0.2) is 25.5 Å². The molecule has 1 N–H and O–H groups in total. The Balaban J connectivity index is 1.72. The number of rotatable bonds is 5. The minimum Gasteiger partial charge on any atom is -0.321 e. The summed E-state index contributed by atoms with van der Waals surface area (Å²) in [5, 5.41) is 8.37. The molecule has 0 saturated carbocycles. The van der Waals surface area contributed by atoms with Crippen molar-refractivity contribution in [3.8, 4) is 0 Å². The second-order valence-corrected chi connectivity index (χ2v) is 7.70. The average molecular weight is 404 g/mol. The number of hydrogen-bond acceptors (Lipinski definition) is 5. The van der Waals surface area contributed by atoms with Crippen LogP contribution in [0.5, 0.6) is 0 Å². The predicted molar refractivity (Wildman–Crippen MR) is 115 cm³/mol. The molecule has 146 valence electrons. The van der Waals surface area contributed by atoms with E-state index in [0.717, 1.165) is 38.9 Å². The van der Waals surface area contributed by atoms with Gasteiger partial charge in [-0.2, -0.15) is 14.6 Å². The van der Waals surface area contributed by atoms with Crippen molar-refractivity contribution >= 4 is 29.1 Å². The van der Waals surface area contributed by atoms with Crippen molar-refractivity contribution in [2.45, 2.75) is 37.1 Å². The minimum atomic E-state index is -0.122. The quantitative estimate of drug-likeness (QED) is 0.489. The Bertz CT molecular complexity index is 1200. The van der Waals surface area contributed by atoms with Gasteiger partial charge in [0.15, 0.2) is 0 Å². The van der Waals surface area contributed by atoms with Crippen molar-refractivity contribution in [2.24, 2.45) is 0 Å². The van der Waals surface area contributed by atoms with Crippen molar-refractivity contribution < 1.29 is 4.79 Å². The number of nitrogens with one attached hydrogen (secondary N) is 1. The number of amides is 1. The molecular weight excluding hydrogens is 382 g/mol. The van der Waals surface area contributed by atoms with Gasteiger partial charge in [0.25, 0.3) is 11.7 Å². The Morgan fingerprint density at radius 3 is 2.66 bits per heavy atom. The molecule has 0 unspecified atom stereocenters. The van der Waals surface area contributed by atoms with Gasteiger partial charge in [-0.3, -0.25) is 4.79 Å².